The number of thioether (sulfide) groups is 1. The number of carbonyl (C=O) groups is 1. The quantitative estimate of drug-likeness (QED) is 0.547. The molecular weight excluding hydrogens is 362 g/mol. The third-order valence-electron chi connectivity index (χ3n) is 4.78. The zero-order valence-electron chi connectivity index (χ0n) is 16.3. The van der Waals surface area contributed by atoms with E-state index in [1.807, 2.05) is 18.2 Å². The largest absolute Gasteiger partial charge is 0.507 e. The number of amides is 1. The van der Waals surface area contributed by atoms with Gasteiger partial charge in [-0.2, -0.15) is 0 Å². The van der Waals surface area contributed by atoms with E-state index < -0.39 is 0 Å². The summed E-state index contributed by atoms with van der Waals surface area (Å²) in [4.78, 5) is 15.2. The zero-order chi connectivity index (χ0) is 19.4. The van der Waals surface area contributed by atoms with Gasteiger partial charge in [0.2, 0.25) is 0 Å². The molecule has 3 nitrogen and oxygen atoms in total. The summed E-state index contributed by atoms with van der Waals surface area (Å²) in [5, 5.41) is 10.8. The molecule has 0 aromatic heterocycles. The van der Waals surface area contributed by atoms with Crippen LogP contribution in [0.3, 0.4) is 0 Å². The summed E-state index contributed by atoms with van der Waals surface area (Å²) in [6.45, 7) is 12.5. The summed E-state index contributed by atoms with van der Waals surface area (Å²) < 4.78 is 0.662. The third-order valence-corrected chi connectivity index (χ3v) is 6.11. The van der Waals surface area contributed by atoms with Crippen LogP contribution in [0.4, 0.5) is 0 Å². The van der Waals surface area contributed by atoms with Crippen molar-refractivity contribution in [1.29, 1.82) is 0 Å². The van der Waals surface area contributed by atoms with Crippen molar-refractivity contribution in [3.8, 4) is 5.75 Å². The van der Waals surface area contributed by atoms with Crippen molar-refractivity contribution in [1.82, 2.24) is 4.90 Å². The van der Waals surface area contributed by atoms with E-state index >= 15 is 0 Å². The van der Waals surface area contributed by atoms with Gasteiger partial charge in [-0.1, -0.05) is 65.5 Å². The van der Waals surface area contributed by atoms with Gasteiger partial charge >= 0.3 is 0 Å². The molecular formula is C21H27NO2S2. The number of carbonyl (C=O) groups excluding carboxylic acids is 1. The number of phenols is 1. The predicted molar refractivity (Wildman–Crippen MR) is 114 cm³/mol. The van der Waals surface area contributed by atoms with E-state index in [0.29, 0.717) is 21.0 Å². The molecule has 1 heterocycles. The summed E-state index contributed by atoms with van der Waals surface area (Å²) >= 11 is 6.79. The highest BCUT2D eigenvalue weighted by Gasteiger charge is 2.42. The van der Waals surface area contributed by atoms with Crippen molar-refractivity contribution < 1.29 is 9.90 Å². The molecule has 140 valence electrons. The molecule has 1 amide bonds. The Kier molecular flexibility index (Phi) is 4.77. The molecule has 2 aliphatic rings. The lowest BCUT2D eigenvalue weighted by Crippen LogP contribution is -2.30. The maximum atomic E-state index is 12.7. The number of thiocarbonyl (C=S) groups is 1. The second-order valence-electron chi connectivity index (χ2n) is 9.25. The molecule has 5 heteroatoms. The third kappa shape index (κ3) is 3.70. The number of hydrogen-bond acceptors (Lipinski definition) is 4. The molecule has 0 unspecified atom stereocenters. The minimum absolute atomic E-state index is 0.0187. The molecule has 1 aromatic carbocycles. The molecule has 0 spiro atoms. The monoisotopic (exact) mass is 389 g/mol. The van der Waals surface area contributed by atoms with Crippen LogP contribution in [0.25, 0.3) is 6.08 Å². The van der Waals surface area contributed by atoms with Crippen LogP contribution in [0.15, 0.2) is 17.0 Å². The van der Waals surface area contributed by atoms with Gasteiger partial charge in [0.1, 0.15) is 10.1 Å². The lowest BCUT2D eigenvalue weighted by atomic mass is 9.78. The maximum Gasteiger partial charge on any atom is 0.266 e. The highest BCUT2D eigenvalue weighted by Crippen LogP contribution is 2.43. The molecule has 26 heavy (non-hydrogen) atoms. The molecule has 1 saturated heterocycles. The van der Waals surface area contributed by atoms with Crippen LogP contribution < -0.4 is 0 Å². The van der Waals surface area contributed by atoms with Crippen LogP contribution in [0.2, 0.25) is 0 Å². The molecule has 1 aliphatic heterocycles. The molecule has 2 fully saturated rings. The van der Waals surface area contributed by atoms with Crippen molar-refractivity contribution >= 4 is 40.3 Å². The normalized spacial score (nSPS) is 20.4. The van der Waals surface area contributed by atoms with Crippen molar-refractivity contribution in [3.05, 3.63) is 33.7 Å². The zero-order valence-corrected chi connectivity index (χ0v) is 18.0. The second kappa shape index (κ2) is 6.38. The number of nitrogens with zero attached hydrogens (tertiary/aromatic N) is 1. The Bertz CT molecular complexity index is 773. The Morgan fingerprint density at radius 1 is 1.12 bits per heavy atom. The smallest absolute Gasteiger partial charge is 0.266 e. The Balaban J connectivity index is 2.08. The Hall–Kier alpha value is -1.33. The van der Waals surface area contributed by atoms with E-state index in [9.17, 15) is 9.90 Å². The number of phenolic OH excluding ortho intramolecular Hbond substituents is 1. The molecule has 0 radical (unpaired) electrons. The average molecular weight is 390 g/mol. The van der Waals surface area contributed by atoms with Crippen LogP contribution in [0.5, 0.6) is 5.75 Å². The van der Waals surface area contributed by atoms with E-state index in [1.54, 1.807) is 4.90 Å². The Labute approximate surface area is 165 Å². The first-order valence-corrected chi connectivity index (χ1v) is 10.3. The first kappa shape index (κ1) is 19.4. The van der Waals surface area contributed by atoms with Gasteiger partial charge in [0.25, 0.3) is 5.91 Å². The average Bonchev–Trinajstić information content (AvgIpc) is 3.26. The van der Waals surface area contributed by atoms with Gasteiger partial charge in [-0.25, -0.2) is 0 Å². The molecule has 0 atom stereocenters. The van der Waals surface area contributed by atoms with Crippen LogP contribution >= 0.6 is 24.0 Å². The fraction of sp³-hybridized carbons (Fsp3) is 0.524. The van der Waals surface area contributed by atoms with Gasteiger partial charge in [0.15, 0.2) is 0 Å². The number of hydrogen-bond donors (Lipinski definition) is 1. The van der Waals surface area contributed by atoms with Crippen molar-refractivity contribution in [3.63, 3.8) is 0 Å². The molecule has 1 aliphatic carbocycles. The molecule has 0 bridgehead atoms. The van der Waals surface area contributed by atoms with Crippen molar-refractivity contribution in [2.75, 3.05) is 0 Å². The minimum atomic E-state index is -0.194. The Morgan fingerprint density at radius 2 is 1.62 bits per heavy atom. The number of benzene rings is 1. The molecule has 1 saturated carbocycles. The van der Waals surface area contributed by atoms with Crippen LogP contribution in [-0.2, 0) is 15.6 Å². The van der Waals surface area contributed by atoms with Gasteiger partial charge in [0.05, 0.1) is 4.91 Å². The van der Waals surface area contributed by atoms with E-state index in [4.69, 9.17) is 12.2 Å². The number of rotatable bonds is 2. The van der Waals surface area contributed by atoms with Gasteiger partial charge in [-0.3, -0.25) is 9.69 Å². The lowest BCUT2D eigenvalue weighted by molar-refractivity contribution is -0.122. The van der Waals surface area contributed by atoms with Crippen LogP contribution in [-0.4, -0.2) is 26.3 Å². The SMILES string of the molecule is CC(C)(C)c1cc(/C=C2\SC(=S)N(C3CC3)C2=O)cc(C(C)(C)C)c1O. The highest BCUT2D eigenvalue weighted by molar-refractivity contribution is 8.26. The van der Waals surface area contributed by atoms with Gasteiger partial charge in [-0.05, 0) is 47.4 Å². The van der Waals surface area contributed by atoms with Crippen molar-refractivity contribution in [2.24, 2.45) is 0 Å². The molecule has 1 N–H and O–H groups in total. The van der Waals surface area contributed by atoms with E-state index in [-0.39, 0.29) is 16.7 Å². The summed E-state index contributed by atoms with van der Waals surface area (Å²) in [5.74, 6) is 0.373. The lowest BCUT2D eigenvalue weighted by Gasteiger charge is -2.28. The van der Waals surface area contributed by atoms with Crippen LogP contribution in [0.1, 0.15) is 71.1 Å². The standard InChI is InChI=1S/C21H27NO2S2/c1-20(2,3)14-9-12(10-15(17(14)23)21(4,5)6)11-16-18(24)22(13-7-8-13)19(25)26-16/h9-11,13,23H,7-8H2,1-6H3/b16-11-. The second-order valence-corrected chi connectivity index (χ2v) is 10.9. The fourth-order valence-electron chi connectivity index (χ4n) is 3.16. The highest BCUT2D eigenvalue weighted by atomic mass is 32.2. The summed E-state index contributed by atoms with van der Waals surface area (Å²) in [6.07, 6.45) is 4.01. The first-order chi connectivity index (χ1) is 11.9. The van der Waals surface area contributed by atoms with Gasteiger partial charge in [0, 0.05) is 17.2 Å². The van der Waals surface area contributed by atoms with E-state index in [0.717, 1.165) is 29.5 Å². The van der Waals surface area contributed by atoms with Crippen LogP contribution in [0, 0.1) is 0 Å². The molecule has 1 aromatic rings. The molecule has 3 rings (SSSR count). The van der Waals surface area contributed by atoms with Gasteiger partial charge < -0.3 is 5.11 Å². The summed E-state index contributed by atoms with van der Waals surface area (Å²) in [6, 6.07) is 4.28. The summed E-state index contributed by atoms with van der Waals surface area (Å²) in [7, 11) is 0. The number of aromatic hydroxyl groups is 1. The minimum Gasteiger partial charge on any atom is -0.507 e. The fourth-order valence-corrected chi connectivity index (χ4v) is 4.56. The van der Waals surface area contributed by atoms with E-state index in [2.05, 4.69) is 41.5 Å². The van der Waals surface area contributed by atoms with Crippen molar-refractivity contribution in [2.45, 2.75) is 71.3 Å². The van der Waals surface area contributed by atoms with E-state index in [1.165, 1.54) is 11.8 Å². The first-order valence-electron chi connectivity index (χ1n) is 9.04. The maximum absolute atomic E-state index is 12.7. The Morgan fingerprint density at radius 3 is 2.04 bits per heavy atom. The topological polar surface area (TPSA) is 40.5 Å². The summed E-state index contributed by atoms with van der Waals surface area (Å²) in [5.41, 5.74) is 2.35. The predicted octanol–water partition coefficient (Wildman–Crippen LogP) is 5.35. The van der Waals surface area contributed by atoms with Gasteiger partial charge in [-0.15, -0.1) is 0 Å².